The maximum Gasteiger partial charge on any atom is 0.150 e. The van der Waals surface area contributed by atoms with Crippen molar-refractivity contribution in [2.24, 2.45) is 5.92 Å². The van der Waals surface area contributed by atoms with Crippen molar-refractivity contribution in [3.63, 3.8) is 0 Å². The zero-order chi connectivity index (χ0) is 12.3. The molecule has 4 nitrogen and oxygen atoms in total. The van der Waals surface area contributed by atoms with Gasteiger partial charge < -0.3 is 5.32 Å². The van der Waals surface area contributed by atoms with Crippen molar-refractivity contribution in [1.82, 2.24) is 10.3 Å². The highest BCUT2D eigenvalue weighted by Crippen LogP contribution is 2.17. The molecule has 1 aliphatic heterocycles. The molecule has 0 saturated carbocycles. The van der Waals surface area contributed by atoms with Crippen LogP contribution in [-0.2, 0) is 16.4 Å². The number of pyridine rings is 1. The van der Waals surface area contributed by atoms with Crippen LogP contribution in [0.25, 0.3) is 0 Å². The molecule has 1 aliphatic rings. The van der Waals surface area contributed by atoms with Crippen LogP contribution in [-0.4, -0.2) is 31.5 Å². The van der Waals surface area contributed by atoms with Crippen molar-refractivity contribution < 1.29 is 8.42 Å². The average Bonchev–Trinajstić information content (AvgIpc) is 2.61. The molecule has 2 rings (SSSR count). The van der Waals surface area contributed by atoms with E-state index in [4.69, 9.17) is 0 Å². The standard InChI is InChI=1S/C12H18N2O2S/c1-10-2-3-12(14-6-10)8-13-7-11-4-5-17(15,16)9-11/h2-3,6,11,13H,4-5,7-9H2,1H3. The molecule has 5 heteroatoms. The van der Waals surface area contributed by atoms with Gasteiger partial charge in [-0.15, -0.1) is 0 Å². The molecular weight excluding hydrogens is 236 g/mol. The van der Waals surface area contributed by atoms with Gasteiger partial charge in [0.1, 0.15) is 0 Å². The van der Waals surface area contributed by atoms with Crippen LogP contribution in [0.3, 0.4) is 0 Å². The first-order chi connectivity index (χ1) is 8.05. The lowest BCUT2D eigenvalue weighted by Gasteiger charge is -2.09. The van der Waals surface area contributed by atoms with Gasteiger partial charge in [-0.2, -0.15) is 0 Å². The summed E-state index contributed by atoms with van der Waals surface area (Å²) in [5.74, 6) is 0.953. The Morgan fingerprint density at radius 2 is 2.29 bits per heavy atom. The SMILES string of the molecule is Cc1ccc(CNCC2CCS(=O)(=O)C2)nc1. The Morgan fingerprint density at radius 3 is 2.88 bits per heavy atom. The van der Waals surface area contributed by atoms with E-state index in [1.54, 1.807) is 0 Å². The van der Waals surface area contributed by atoms with E-state index in [-0.39, 0.29) is 5.92 Å². The molecular formula is C12H18N2O2S. The fourth-order valence-electron chi connectivity index (χ4n) is 2.04. The van der Waals surface area contributed by atoms with Crippen molar-refractivity contribution in [3.8, 4) is 0 Å². The van der Waals surface area contributed by atoms with Crippen LogP contribution in [0.5, 0.6) is 0 Å². The summed E-state index contributed by atoms with van der Waals surface area (Å²) in [6.07, 6.45) is 2.63. The largest absolute Gasteiger partial charge is 0.311 e. The van der Waals surface area contributed by atoms with E-state index < -0.39 is 9.84 Å². The molecule has 0 radical (unpaired) electrons. The molecule has 0 aromatic carbocycles. The van der Waals surface area contributed by atoms with Gasteiger partial charge in [0, 0.05) is 12.7 Å². The number of rotatable bonds is 4. The third-order valence-corrected chi connectivity index (χ3v) is 4.88. The summed E-state index contributed by atoms with van der Waals surface area (Å²) in [4.78, 5) is 4.29. The molecule has 94 valence electrons. The molecule has 1 N–H and O–H groups in total. The quantitative estimate of drug-likeness (QED) is 0.868. The Morgan fingerprint density at radius 1 is 1.47 bits per heavy atom. The van der Waals surface area contributed by atoms with E-state index in [0.717, 1.165) is 24.2 Å². The van der Waals surface area contributed by atoms with Gasteiger partial charge in [0.05, 0.1) is 17.2 Å². The Bertz CT molecular complexity index is 468. The van der Waals surface area contributed by atoms with E-state index in [9.17, 15) is 8.42 Å². The molecule has 0 bridgehead atoms. The lowest BCUT2D eigenvalue weighted by Crippen LogP contribution is -2.23. The van der Waals surface area contributed by atoms with Gasteiger partial charge >= 0.3 is 0 Å². The number of nitrogens with zero attached hydrogens (tertiary/aromatic N) is 1. The second-order valence-electron chi connectivity index (χ2n) is 4.73. The number of sulfone groups is 1. The molecule has 17 heavy (non-hydrogen) atoms. The Hall–Kier alpha value is -0.940. The lowest BCUT2D eigenvalue weighted by atomic mass is 10.1. The fraction of sp³-hybridized carbons (Fsp3) is 0.583. The predicted molar refractivity (Wildman–Crippen MR) is 67.4 cm³/mol. The van der Waals surface area contributed by atoms with Gasteiger partial charge in [0.25, 0.3) is 0 Å². The van der Waals surface area contributed by atoms with Crippen LogP contribution in [0.1, 0.15) is 17.7 Å². The Kier molecular flexibility index (Phi) is 3.79. The Balaban J connectivity index is 1.75. The van der Waals surface area contributed by atoms with Crippen LogP contribution in [0.4, 0.5) is 0 Å². The minimum Gasteiger partial charge on any atom is -0.311 e. The third kappa shape index (κ3) is 3.78. The number of hydrogen-bond donors (Lipinski definition) is 1. The first kappa shape index (κ1) is 12.5. The molecule has 1 saturated heterocycles. The van der Waals surface area contributed by atoms with Gasteiger partial charge in [-0.1, -0.05) is 6.07 Å². The van der Waals surface area contributed by atoms with Gasteiger partial charge in [0.15, 0.2) is 9.84 Å². The Labute approximate surface area is 102 Å². The summed E-state index contributed by atoms with van der Waals surface area (Å²) in [5.41, 5.74) is 2.15. The lowest BCUT2D eigenvalue weighted by molar-refractivity contribution is 0.518. The molecule has 1 aromatic heterocycles. The minimum absolute atomic E-state index is 0.269. The summed E-state index contributed by atoms with van der Waals surface area (Å²) < 4.78 is 22.5. The number of aryl methyl sites for hydroxylation is 1. The maximum absolute atomic E-state index is 11.3. The zero-order valence-corrected chi connectivity index (χ0v) is 10.8. The molecule has 1 atom stereocenters. The van der Waals surface area contributed by atoms with Crippen molar-refractivity contribution in [3.05, 3.63) is 29.6 Å². The zero-order valence-electron chi connectivity index (χ0n) is 10.0. The van der Waals surface area contributed by atoms with E-state index in [1.807, 2.05) is 25.3 Å². The first-order valence-corrected chi connectivity index (χ1v) is 7.70. The monoisotopic (exact) mass is 254 g/mol. The van der Waals surface area contributed by atoms with Gasteiger partial charge in [-0.3, -0.25) is 4.98 Å². The van der Waals surface area contributed by atoms with Crippen molar-refractivity contribution in [1.29, 1.82) is 0 Å². The van der Waals surface area contributed by atoms with Crippen LogP contribution < -0.4 is 5.32 Å². The highest BCUT2D eigenvalue weighted by molar-refractivity contribution is 7.91. The van der Waals surface area contributed by atoms with Crippen LogP contribution >= 0.6 is 0 Å². The summed E-state index contributed by atoms with van der Waals surface area (Å²) in [6, 6.07) is 4.03. The predicted octanol–water partition coefficient (Wildman–Crippen LogP) is 0.914. The van der Waals surface area contributed by atoms with Gasteiger partial charge in [0.2, 0.25) is 0 Å². The molecule has 1 fully saturated rings. The smallest absolute Gasteiger partial charge is 0.150 e. The topological polar surface area (TPSA) is 59.1 Å². The van der Waals surface area contributed by atoms with Crippen molar-refractivity contribution in [2.75, 3.05) is 18.1 Å². The highest BCUT2D eigenvalue weighted by atomic mass is 32.2. The highest BCUT2D eigenvalue weighted by Gasteiger charge is 2.27. The first-order valence-electron chi connectivity index (χ1n) is 5.88. The summed E-state index contributed by atoms with van der Waals surface area (Å²) in [7, 11) is -2.75. The van der Waals surface area contributed by atoms with Crippen molar-refractivity contribution in [2.45, 2.75) is 19.9 Å². The van der Waals surface area contributed by atoms with Crippen molar-refractivity contribution >= 4 is 9.84 Å². The molecule has 0 spiro atoms. The van der Waals surface area contributed by atoms with Crippen LogP contribution in [0.15, 0.2) is 18.3 Å². The normalized spacial score (nSPS) is 22.8. The molecule has 0 aliphatic carbocycles. The molecule has 1 unspecified atom stereocenters. The van der Waals surface area contributed by atoms with Gasteiger partial charge in [-0.05, 0) is 37.4 Å². The van der Waals surface area contributed by atoms with Crippen LogP contribution in [0.2, 0.25) is 0 Å². The van der Waals surface area contributed by atoms with E-state index in [1.165, 1.54) is 0 Å². The third-order valence-electron chi connectivity index (χ3n) is 3.04. The van der Waals surface area contributed by atoms with E-state index in [2.05, 4.69) is 10.3 Å². The summed E-state index contributed by atoms with van der Waals surface area (Å²) in [6.45, 7) is 3.47. The summed E-state index contributed by atoms with van der Waals surface area (Å²) in [5, 5.41) is 3.27. The average molecular weight is 254 g/mol. The van der Waals surface area contributed by atoms with Gasteiger partial charge in [-0.25, -0.2) is 8.42 Å². The summed E-state index contributed by atoms with van der Waals surface area (Å²) >= 11 is 0. The molecule has 1 aromatic rings. The van der Waals surface area contributed by atoms with E-state index >= 15 is 0 Å². The second kappa shape index (κ2) is 5.14. The molecule has 2 heterocycles. The van der Waals surface area contributed by atoms with E-state index in [0.29, 0.717) is 18.1 Å². The second-order valence-corrected chi connectivity index (χ2v) is 6.96. The number of nitrogens with one attached hydrogen (secondary N) is 1. The molecule has 0 amide bonds. The van der Waals surface area contributed by atoms with Crippen LogP contribution in [0, 0.1) is 12.8 Å². The fourth-order valence-corrected chi connectivity index (χ4v) is 3.90. The maximum atomic E-state index is 11.3. The number of aromatic nitrogens is 1. The number of hydrogen-bond acceptors (Lipinski definition) is 4. The minimum atomic E-state index is -2.75.